The number of hydrogen-bond donors (Lipinski definition) is 1. The number of halogens is 2. The number of nitrogens with one attached hydrogen (secondary N) is 1. The van der Waals surface area contributed by atoms with E-state index in [1.807, 2.05) is 68.4 Å². The summed E-state index contributed by atoms with van der Waals surface area (Å²) < 4.78 is 30.1. The van der Waals surface area contributed by atoms with Crippen LogP contribution in [0.2, 0.25) is 5.02 Å². The van der Waals surface area contributed by atoms with Crippen molar-refractivity contribution in [3.05, 3.63) is 129 Å². The number of benzene rings is 4. The maximum atomic E-state index is 14.5. The minimum atomic E-state index is -4.20. The number of sulfonamides is 1. The largest absolute Gasteiger partial charge is 0.354 e. The van der Waals surface area contributed by atoms with E-state index in [1.54, 1.807) is 30.3 Å². The van der Waals surface area contributed by atoms with E-state index in [0.717, 1.165) is 38.3 Å². The average molecular weight is 711 g/mol. The molecule has 4 rings (SSSR count). The number of carbonyl (C=O) groups excluding carboxylic acids is 2. The average Bonchev–Trinajstić information content (AvgIpc) is 3.02. The zero-order chi connectivity index (χ0) is 32.4. The van der Waals surface area contributed by atoms with E-state index in [4.69, 9.17) is 11.6 Å². The molecule has 0 bridgehead atoms. The van der Waals surface area contributed by atoms with Gasteiger partial charge in [-0.15, -0.1) is 0 Å². The lowest BCUT2D eigenvalue weighted by molar-refractivity contribution is -0.140. The molecule has 4 aromatic carbocycles. The van der Waals surface area contributed by atoms with Gasteiger partial charge in [-0.1, -0.05) is 107 Å². The summed E-state index contributed by atoms with van der Waals surface area (Å²) in [6, 6.07) is 28.9. The number of anilines is 1. The Morgan fingerprint density at radius 2 is 1.58 bits per heavy atom. The highest BCUT2D eigenvalue weighted by molar-refractivity contribution is 9.10. The summed E-state index contributed by atoms with van der Waals surface area (Å²) >= 11 is 9.80. The van der Waals surface area contributed by atoms with Crippen LogP contribution in [0, 0.1) is 6.92 Å². The van der Waals surface area contributed by atoms with E-state index in [1.165, 1.54) is 23.1 Å². The Bertz CT molecular complexity index is 1700. The van der Waals surface area contributed by atoms with Crippen molar-refractivity contribution in [3.8, 4) is 0 Å². The van der Waals surface area contributed by atoms with Crippen molar-refractivity contribution >= 4 is 55.1 Å². The molecule has 0 saturated heterocycles. The van der Waals surface area contributed by atoms with Crippen LogP contribution >= 0.6 is 27.5 Å². The van der Waals surface area contributed by atoms with Crippen LogP contribution in [0.1, 0.15) is 36.5 Å². The van der Waals surface area contributed by atoms with Gasteiger partial charge in [0.15, 0.2) is 0 Å². The molecular weight excluding hydrogens is 674 g/mol. The summed E-state index contributed by atoms with van der Waals surface area (Å²) in [6.07, 6.45) is 1.94. The summed E-state index contributed by atoms with van der Waals surface area (Å²) in [5.74, 6) is -0.830. The highest BCUT2D eigenvalue weighted by Crippen LogP contribution is 2.27. The third-order valence-electron chi connectivity index (χ3n) is 7.33. The van der Waals surface area contributed by atoms with Gasteiger partial charge in [0.25, 0.3) is 10.0 Å². The first-order valence-corrected chi connectivity index (χ1v) is 17.4. The molecule has 0 aliphatic heterocycles. The van der Waals surface area contributed by atoms with Crippen LogP contribution in [-0.2, 0) is 32.6 Å². The molecule has 0 saturated carbocycles. The maximum absolute atomic E-state index is 14.5. The van der Waals surface area contributed by atoms with Gasteiger partial charge < -0.3 is 10.2 Å². The van der Waals surface area contributed by atoms with Crippen molar-refractivity contribution < 1.29 is 18.0 Å². The minimum Gasteiger partial charge on any atom is -0.354 e. The SMILES string of the molecule is CCCCNC(=O)[C@@H](Cc1ccccc1)N(Cc1cccc(Br)c1)C(=O)CN(c1cccc(Cl)c1)S(=O)(=O)c1ccc(C)cc1. The van der Waals surface area contributed by atoms with Crippen LogP contribution in [-0.4, -0.2) is 44.3 Å². The monoisotopic (exact) mass is 709 g/mol. The normalized spacial score (nSPS) is 11.9. The molecule has 0 fully saturated rings. The number of carbonyl (C=O) groups is 2. The van der Waals surface area contributed by atoms with Gasteiger partial charge in [0, 0.05) is 29.0 Å². The van der Waals surface area contributed by atoms with Crippen LogP contribution < -0.4 is 9.62 Å². The molecule has 2 amide bonds. The lowest BCUT2D eigenvalue weighted by Gasteiger charge is -2.34. The number of nitrogens with zero attached hydrogens (tertiary/aromatic N) is 2. The van der Waals surface area contributed by atoms with Crippen molar-refractivity contribution in [2.24, 2.45) is 0 Å². The molecule has 10 heteroatoms. The predicted octanol–water partition coefficient (Wildman–Crippen LogP) is 7.16. The van der Waals surface area contributed by atoms with Crippen molar-refractivity contribution in [2.45, 2.75) is 50.6 Å². The maximum Gasteiger partial charge on any atom is 0.264 e. The molecule has 236 valence electrons. The third-order valence-corrected chi connectivity index (χ3v) is 9.84. The zero-order valence-corrected chi connectivity index (χ0v) is 28.5. The molecule has 1 atom stereocenters. The van der Waals surface area contributed by atoms with E-state index in [9.17, 15) is 18.0 Å². The third kappa shape index (κ3) is 9.42. The second kappa shape index (κ2) is 16.1. The molecule has 45 heavy (non-hydrogen) atoms. The van der Waals surface area contributed by atoms with Crippen molar-refractivity contribution in [3.63, 3.8) is 0 Å². The van der Waals surface area contributed by atoms with Gasteiger partial charge in [-0.2, -0.15) is 0 Å². The van der Waals surface area contributed by atoms with Crippen LogP contribution in [0.25, 0.3) is 0 Å². The highest BCUT2D eigenvalue weighted by Gasteiger charge is 2.34. The molecule has 0 spiro atoms. The van der Waals surface area contributed by atoms with Crippen LogP contribution in [0.4, 0.5) is 5.69 Å². The van der Waals surface area contributed by atoms with Gasteiger partial charge in [-0.25, -0.2) is 8.42 Å². The van der Waals surface area contributed by atoms with Crippen molar-refractivity contribution in [2.75, 3.05) is 17.4 Å². The summed E-state index contributed by atoms with van der Waals surface area (Å²) in [5, 5.41) is 3.33. The zero-order valence-electron chi connectivity index (χ0n) is 25.3. The molecule has 0 aromatic heterocycles. The second-order valence-corrected chi connectivity index (χ2v) is 14.0. The molecule has 0 radical (unpaired) electrons. The summed E-state index contributed by atoms with van der Waals surface area (Å²) in [6.45, 7) is 3.92. The van der Waals surface area contributed by atoms with E-state index >= 15 is 0 Å². The molecule has 0 heterocycles. The first-order chi connectivity index (χ1) is 21.6. The Morgan fingerprint density at radius 1 is 0.889 bits per heavy atom. The van der Waals surface area contributed by atoms with E-state index in [0.29, 0.717) is 11.6 Å². The van der Waals surface area contributed by atoms with Gasteiger partial charge in [0.2, 0.25) is 11.8 Å². The molecule has 4 aromatic rings. The Kier molecular flexibility index (Phi) is 12.2. The van der Waals surface area contributed by atoms with Crippen LogP contribution in [0.5, 0.6) is 0 Å². The summed E-state index contributed by atoms with van der Waals surface area (Å²) in [5.41, 5.74) is 2.80. The molecule has 7 nitrogen and oxygen atoms in total. The summed E-state index contributed by atoms with van der Waals surface area (Å²) in [4.78, 5) is 29.8. The number of unbranched alkanes of at least 4 members (excludes halogenated alkanes) is 1. The van der Waals surface area contributed by atoms with Crippen LogP contribution in [0.15, 0.2) is 112 Å². The van der Waals surface area contributed by atoms with Gasteiger partial charge in [0.05, 0.1) is 10.6 Å². The number of aryl methyl sites for hydroxylation is 1. The minimum absolute atomic E-state index is 0.0394. The van der Waals surface area contributed by atoms with E-state index in [-0.39, 0.29) is 29.5 Å². The fraction of sp³-hybridized carbons (Fsp3) is 0.257. The second-order valence-electron chi connectivity index (χ2n) is 10.8. The quantitative estimate of drug-likeness (QED) is 0.141. The Hall–Kier alpha value is -3.66. The van der Waals surface area contributed by atoms with Gasteiger partial charge in [-0.05, 0) is 66.9 Å². The van der Waals surface area contributed by atoms with E-state index < -0.39 is 28.5 Å². The van der Waals surface area contributed by atoms with Gasteiger partial charge in [0.1, 0.15) is 12.6 Å². The summed E-state index contributed by atoms with van der Waals surface area (Å²) in [7, 11) is -4.20. The Labute approximate surface area is 279 Å². The number of amides is 2. The van der Waals surface area contributed by atoms with Crippen molar-refractivity contribution in [1.29, 1.82) is 0 Å². The molecular formula is C35H37BrClN3O4S. The highest BCUT2D eigenvalue weighted by atomic mass is 79.9. The predicted molar refractivity (Wildman–Crippen MR) is 184 cm³/mol. The fourth-order valence-corrected chi connectivity index (χ4v) is 6.93. The Morgan fingerprint density at radius 3 is 2.24 bits per heavy atom. The number of hydrogen-bond acceptors (Lipinski definition) is 4. The Balaban J connectivity index is 1.79. The van der Waals surface area contributed by atoms with E-state index in [2.05, 4.69) is 21.2 Å². The van der Waals surface area contributed by atoms with Gasteiger partial charge >= 0.3 is 0 Å². The first-order valence-electron chi connectivity index (χ1n) is 14.8. The fourth-order valence-electron chi connectivity index (χ4n) is 4.89. The molecule has 1 N–H and O–H groups in total. The first kappa shape index (κ1) is 34.2. The molecule has 0 unspecified atom stereocenters. The topological polar surface area (TPSA) is 86.8 Å². The van der Waals surface area contributed by atoms with Gasteiger partial charge in [-0.3, -0.25) is 13.9 Å². The standard InChI is InChI=1S/C35H37BrClN3O4S/c1-3-4-20-38-35(42)33(22-27-10-6-5-7-11-27)39(24-28-12-8-13-29(36)21-28)34(41)25-40(31-15-9-14-30(37)23-31)45(43,44)32-18-16-26(2)17-19-32/h5-19,21,23,33H,3-4,20,22,24-25H2,1-2H3,(H,38,42)/t33-/m1/s1. The molecule has 0 aliphatic carbocycles. The van der Waals surface area contributed by atoms with Crippen molar-refractivity contribution in [1.82, 2.24) is 10.2 Å². The lowest BCUT2D eigenvalue weighted by Crippen LogP contribution is -2.53. The van der Waals surface area contributed by atoms with Crippen LogP contribution in [0.3, 0.4) is 0 Å². The number of rotatable bonds is 14. The lowest BCUT2D eigenvalue weighted by atomic mass is 10.0. The molecule has 0 aliphatic rings. The smallest absolute Gasteiger partial charge is 0.264 e.